The van der Waals surface area contributed by atoms with E-state index >= 15 is 0 Å². The van der Waals surface area contributed by atoms with Crippen molar-refractivity contribution in [1.82, 2.24) is 14.1 Å². The first-order valence-electron chi connectivity index (χ1n) is 5.30. The lowest BCUT2D eigenvalue weighted by Gasteiger charge is -2.07. The number of hydrogen-bond acceptors (Lipinski definition) is 5. The molecule has 0 saturated heterocycles. The van der Waals surface area contributed by atoms with E-state index in [2.05, 4.69) is 4.98 Å². The minimum absolute atomic E-state index is 0.274. The van der Waals surface area contributed by atoms with Gasteiger partial charge in [0.25, 0.3) is 5.56 Å². The van der Waals surface area contributed by atoms with Crippen molar-refractivity contribution in [3.05, 3.63) is 43.7 Å². The fourth-order valence-electron chi connectivity index (χ4n) is 1.45. The molecule has 18 heavy (non-hydrogen) atoms. The molecule has 0 aliphatic heterocycles. The number of nitrogens with zero attached hydrogens (tertiary/aromatic N) is 3. The molecule has 0 N–H and O–H groups in total. The van der Waals surface area contributed by atoms with Crippen molar-refractivity contribution in [2.24, 2.45) is 14.1 Å². The van der Waals surface area contributed by atoms with Crippen LogP contribution in [-0.2, 0) is 19.8 Å². The molecule has 0 fully saturated rings. The minimum Gasteiger partial charge on any atom is -0.300 e. The van der Waals surface area contributed by atoms with Gasteiger partial charge in [-0.05, 0) is 6.92 Å². The topological polar surface area (TPSA) is 56.9 Å². The van der Waals surface area contributed by atoms with Gasteiger partial charge in [0.05, 0.1) is 0 Å². The van der Waals surface area contributed by atoms with E-state index < -0.39 is 0 Å². The third kappa shape index (κ3) is 2.56. The molecule has 0 saturated carbocycles. The molecular formula is C11H13N3O2S2. The number of thioether (sulfide) groups is 1. The summed E-state index contributed by atoms with van der Waals surface area (Å²) in [6, 6.07) is 1.49. The van der Waals surface area contributed by atoms with Gasteiger partial charge in [-0.3, -0.25) is 13.9 Å². The third-order valence-corrected chi connectivity index (χ3v) is 4.74. The summed E-state index contributed by atoms with van der Waals surface area (Å²) in [5.74, 6) is 0.564. The highest BCUT2D eigenvalue weighted by Crippen LogP contribution is 2.25. The lowest BCUT2D eigenvalue weighted by Crippen LogP contribution is -2.37. The first kappa shape index (κ1) is 13.1. The smallest absolute Gasteiger partial charge is 0.300 e. The summed E-state index contributed by atoms with van der Waals surface area (Å²) in [7, 11) is 3.15. The second-order valence-electron chi connectivity index (χ2n) is 3.92. The zero-order chi connectivity index (χ0) is 13.3. The lowest BCUT2D eigenvalue weighted by atomic mass is 10.4. The van der Waals surface area contributed by atoms with E-state index in [0.29, 0.717) is 11.4 Å². The predicted octanol–water partition coefficient (Wildman–Crippen LogP) is 1.14. The molecule has 7 heteroatoms. The maximum atomic E-state index is 11.7. The number of rotatable bonds is 3. The van der Waals surface area contributed by atoms with E-state index in [1.807, 2.05) is 12.3 Å². The maximum absolute atomic E-state index is 11.7. The summed E-state index contributed by atoms with van der Waals surface area (Å²) in [6.07, 6.45) is 0. The highest BCUT2D eigenvalue weighted by atomic mass is 32.2. The predicted molar refractivity (Wildman–Crippen MR) is 73.3 cm³/mol. The molecule has 0 aliphatic carbocycles. The SMILES string of the molecule is Cc1csc(SCc2cc(=O)n(C)c(=O)n2C)n1. The third-order valence-electron chi connectivity index (χ3n) is 2.57. The number of thiazole rings is 1. The van der Waals surface area contributed by atoms with Crippen molar-refractivity contribution in [1.29, 1.82) is 0 Å². The van der Waals surface area contributed by atoms with Crippen LogP contribution in [0.3, 0.4) is 0 Å². The van der Waals surface area contributed by atoms with Crippen LogP contribution in [0.4, 0.5) is 0 Å². The van der Waals surface area contributed by atoms with Crippen LogP contribution >= 0.6 is 23.1 Å². The molecule has 0 unspecified atom stereocenters. The van der Waals surface area contributed by atoms with Gasteiger partial charge in [0.1, 0.15) is 4.34 Å². The highest BCUT2D eigenvalue weighted by molar-refractivity contribution is 8.00. The zero-order valence-electron chi connectivity index (χ0n) is 10.3. The van der Waals surface area contributed by atoms with Crippen molar-refractivity contribution < 1.29 is 0 Å². The van der Waals surface area contributed by atoms with Gasteiger partial charge in [-0.1, -0.05) is 11.8 Å². The lowest BCUT2D eigenvalue weighted by molar-refractivity contribution is 0.665. The fraction of sp³-hybridized carbons (Fsp3) is 0.364. The van der Waals surface area contributed by atoms with Crippen LogP contribution < -0.4 is 11.2 Å². The van der Waals surface area contributed by atoms with Crippen LogP contribution in [0.25, 0.3) is 0 Å². The monoisotopic (exact) mass is 283 g/mol. The Bertz CT molecular complexity index is 684. The Balaban J connectivity index is 2.25. The van der Waals surface area contributed by atoms with E-state index in [4.69, 9.17) is 0 Å². The first-order chi connectivity index (χ1) is 8.49. The van der Waals surface area contributed by atoms with Gasteiger partial charge in [-0.25, -0.2) is 9.78 Å². The molecule has 2 rings (SSSR count). The van der Waals surface area contributed by atoms with E-state index in [1.165, 1.54) is 29.4 Å². The molecule has 0 amide bonds. The maximum Gasteiger partial charge on any atom is 0.330 e. The minimum atomic E-state index is -0.298. The Kier molecular flexibility index (Phi) is 3.72. The Morgan fingerprint density at radius 2 is 2.06 bits per heavy atom. The van der Waals surface area contributed by atoms with Gasteiger partial charge in [0.2, 0.25) is 0 Å². The van der Waals surface area contributed by atoms with Crippen LogP contribution in [0.1, 0.15) is 11.4 Å². The van der Waals surface area contributed by atoms with Gasteiger partial charge >= 0.3 is 5.69 Å². The molecule has 96 valence electrons. The number of aryl methyl sites for hydroxylation is 1. The molecule has 0 atom stereocenters. The van der Waals surface area contributed by atoms with E-state index in [1.54, 1.807) is 18.4 Å². The summed E-state index contributed by atoms with van der Waals surface area (Å²) in [5.41, 5.74) is 1.12. The summed E-state index contributed by atoms with van der Waals surface area (Å²) in [6.45, 7) is 1.94. The normalized spacial score (nSPS) is 10.8. The standard InChI is InChI=1S/C11H13N3O2S2/c1-7-5-17-10(12-7)18-6-8-4-9(15)14(3)11(16)13(8)2/h4-5H,6H2,1-3H3. The van der Waals surface area contributed by atoms with Crippen molar-refractivity contribution in [3.63, 3.8) is 0 Å². The van der Waals surface area contributed by atoms with Gasteiger partial charge in [-0.15, -0.1) is 11.3 Å². The van der Waals surface area contributed by atoms with Gasteiger partial charge in [0, 0.05) is 42.7 Å². The zero-order valence-corrected chi connectivity index (χ0v) is 12.0. The van der Waals surface area contributed by atoms with Crippen molar-refractivity contribution in [2.45, 2.75) is 17.0 Å². The fourth-order valence-corrected chi connectivity index (χ4v) is 3.32. The molecule has 5 nitrogen and oxygen atoms in total. The van der Waals surface area contributed by atoms with Crippen LogP contribution in [-0.4, -0.2) is 14.1 Å². The van der Waals surface area contributed by atoms with Crippen molar-refractivity contribution >= 4 is 23.1 Å². The molecule has 0 aliphatic rings. The molecule has 0 radical (unpaired) electrons. The molecular weight excluding hydrogens is 270 g/mol. The highest BCUT2D eigenvalue weighted by Gasteiger charge is 2.07. The van der Waals surface area contributed by atoms with Crippen LogP contribution in [0.5, 0.6) is 0 Å². The second kappa shape index (κ2) is 5.11. The number of aromatic nitrogens is 3. The molecule has 2 aromatic heterocycles. The van der Waals surface area contributed by atoms with Crippen molar-refractivity contribution in [2.75, 3.05) is 0 Å². The summed E-state index contributed by atoms with van der Waals surface area (Å²) >= 11 is 3.10. The average molecular weight is 283 g/mol. The second-order valence-corrected chi connectivity index (χ2v) is 6.00. The Morgan fingerprint density at radius 1 is 1.33 bits per heavy atom. The Labute approximate surface area is 112 Å². The van der Waals surface area contributed by atoms with Crippen LogP contribution in [0, 0.1) is 6.92 Å². The molecule has 0 aromatic carbocycles. The van der Waals surface area contributed by atoms with E-state index in [0.717, 1.165) is 14.6 Å². The van der Waals surface area contributed by atoms with Crippen LogP contribution in [0.2, 0.25) is 0 Å². The Hall–Kier alpha value is -1.34. The largest absolute Gasteiger partial charge is 0.330 e. The number of hydrogen-bond donors (Lipinski definition) is 0. The quantitative estimate of drug-likeness (QED) is 0.793. The first-order valence-corrected chi connectivity index (χ1v) is 7.16. The van der Waals surface area contributed by atoms with Gasteiger partial charge < -0.3 is 0 Å². The van der Waals surface area contributed by atoms with Crippen LogP contribution in [0.15, 0.2) is 25.4 Å². The van der Waals surface area contributed by atoms with E-state index in [9.17, 15) is 9.59 Å². The molecule has 0 spiro atoms. The van der Waals surface area contributed by atoms with Gasteiger partial charge in [0.15, 0.2) is 0 Å². The average Bonchev–Trinajstić information content (AvgIpc) is 2.75. The van der Waals surface area contributed by atoms with Crippen molar-refractivity contribution in [3.8, 4) is 0 Å². The Morgan fingerprint density at radius 3 is 2.67 bits per heavy atom. The summed E-state index contributed by atoms with van der Waals surface area (Å²) < 4.78 is 3.54. The summed E-state index contributed by atoms with van der Waals surface area (Å²) in [5, 5.41) is 1.98. The van der Waals surface area contributed by atoms with E-state index in [-0.39, 0.29) is 11.2 Å². The molecule has 0 bridgehead atoms. The molecule has 2 heterocycles. The summed E-state index contributed by atoms with van der Waals surface area (Å²) in [4.78, 5) is 27.6. The molecule has 2 aromatic rings. The van der Waals surface area contributed by atoms with Gasteiger partial charge in [-0.2, -0.15) is 0 Å².